The number of carboxylic acid groups (broad SMARTS) is 1. The van der Waals surface area contributed by atoms with Crippen LogP contribution in [-0.4, -0.2) is 47.1 Å². The minimum atomic E-state index is -0.778. The average Bonchev–Trinajstić information content (AvgIpc) is 2.78. The first-order valence-corrected chi connectivity index (χ1v) is 8.23. The molecule has 5 nitrogen and oxygen atoms in total. The molecule has 5 heteroatoms. The van der Waals surface area contributed by atoms with E-state index in [1.165, 1.54) is 12.8 Å². The molecule has 3 rings (SSSR count). The number of rotatable bonds is 3. The Morgan fingerprint density at radius 1 is 1.29 bits per heavy atom. The number of carbonyl (C=O) groups is 2. The van der Waals surface area contributed by atoms with E-state index in [0.717, 1.165) is 25.8 Å². The van der Waals surface area contributed by atoms with E-state index < -0.39 is 11.4 Å². The highest BCUT2D eigenvalue weighted by Crippen LogP contribution is 2.34. The van der Waals surface area contributed by atoms with Gasteiger partial charge in [0.05, 0.1) is 5.41 Å². The molecule has 3 atom stereocenters. The lowest BCUT2D eigenvalue weighted by Gasteiger charge is -2.38. The van der Waals surface area contributed by atoms with Gasteiger partial charge in [0.1, 0.15) is 0 Å². The molecule has 3 heterocycles. The first-order valence-electron chi connectivity index (χ1n) is 8.23. The zero-order valence-electron chi connectivity index (χ0n) is 12.8. The molecule has 0 aliphatic carbocycles. The van der Waals surface area contributed by atoms with Crippen molar-refractivity contribution in [1.82, 2.24) is 10.2 Å². The summed E-state index contributed by atoms with van der Waals surface area (Å²) in [6, 6.07) is 1.21. The van der Waals surface area contributed by atoms with E-state index in [1.54, 1.807) is 11.8 Å². The second-order valence-corrected chi connectivity index (χ2v) is 7.46. The topological polar surface area (TPSA) is 69.6 Å². The fourth-order valence-corrected chi connectivity index (χ4v) is 4.34. The number of hydrogen-bond acceptors (Lipinski definition) is 3. The van der Waals surface area contributed by atoms with Crippen molar-refractivity contribution in [1.29, 1.82) is 0 Å². The summed E-state index contributed by atoms with van der Waals surface area (Å²) in [7, 11) is 0. The number of nitrogens with zero attached hydrogens (tertiary/aromatic N) is 1. The Morgan fingerprint density at radius 2 is 1.95 bits per heavy atom. The quantitative estimate of drug-likeness (QED) is 0.830. The Labute approximate surface area is 126 Å². The van der Waals surface area contributed by atoms with Gasteiger partial charge < -0.3 is 15.3 Å². The van der Waals surface area contributed by atoms with Crippen LogP contribution in [0.1, 0.15) is 51.9 Å². The number of carboxylic acids is 1. The average molecular weight is 294 g/mol. The van der Waals surface area contributed by atoms with Crippen molar-refractivity contribution in [2.45, 2.75) is 64.0 Å². The molecule has 0 saturated carbocycles. The van der Waals surface area contributed by atoms with E-state index in [1.807, 2.05) is 0 Å². The maximum Gasteiger partial charge on any atom is 0.311 e. The molecule has 0 aromatic heterocycles. The van der Waals surface area contributed by atoms with Crippen molar-refractivity contribution >= 4 is 11.9 Å². The number of fused-ring (bicyclic) bond motifs is 2. The predicted molar refractivity (Wildman–Crippen MR) is 78.8 cm³/mol. The number of amides is 1. The van der Waals surface area contributed by atoms with Gasteiger partial charge >= 0.3 is 5.97 Å². The smallest absolute Gasteiger partial charge is 0.311 e. The zero-order valence-corrected chi connectivity index (χ0v) is 12.8. The first-order chi connectivity index (χ1) is 9.96. The summed E-state index contributed by atoms with van der Waals surface area (Å²) < 4.78 is 0. The molecule has 0 aromatic carbocycles. The number of likely N-dealkylation sites (tertiary alicyclic amines) is 1. The van der Waals surface area contributed by atoms with Crippen molar-refractivity contribution in [3.63, 3.8) is 0 Å². The van der Waals surface area contributed by atoms with Gasteiger partial charge in [-0.3, -0.25) is 9.59 Å². The summed E-state index contributed by atoms with van der Waals surface area (Å²) in [5, 5.41) is 12.9. The number of aliphatic carboxylic acids is 1. The highest BCUT2D eigenvalue weighted by atomic mass is 16.4. The normalized spacial score (nSPS) is 39.3. The number of piperidine rings is 2. The van der Waals surface area contributed by atoms with Gasteiger partial charge in [0, 0.05) is 31.6 Å². The molecule has 3 saturated heterocycles. The van der Waals surface area contributed by atoms with Crippen molar-refractivity contribution < 1.29 is 14.7 Å². The van der Waals surface area contributed by atoms with Crippen LogP contribution in [0.3, 0.4) is 0 Å². The van der Waals surface area contributed by atoms with Crippen LogP contribution in [0.15, 0.2) is 0 Å². The molecule has 2 bridgehead atoms. The van der Waals surface area contributed by atoms with Crippen molar-refractivity contribution in [3.8, 4) is 0 Å². The molecule has 1 amide bonds. The van der Waals surface area contributed by atoms with Gasteiger partial charge in [-0.05, 0) is 51.4 Å². The maximum absolute atomic E-state index is 12.5. The van der Waals surface area contributed by atoms with E-state index in [0.29, 0.717) is 37.4 Å². The van der Waals surface area contributed by atoms with Gasteiger partial charge in [0.25, 0.3) is 0 Å². The van der Waals surface area contributed by atoms with E-state index in [2.05, 4.69) is 5.32 Å². The van der Waals surface area contributed by atoms with Crippen LogP contribution in [0.25, 0.3) is 0 Å². The SMILES string of the molecule is CC1(C(=O)O)CCCN(C(=O)CC2CC3CCC(C2)N3)C1. The molecular formula is C16H26N2O3. The van der Waals surface area contributed by atoms with Crippen LogP contribution < -0.4 is 5.32 Å². The molecule has 3 aliphatic rings. The molecule has 0 aromatic rings. The minimum absolute atomic E-state index is 0.161. The van der Waals surface area contributed by atoms with Gasteiger partial charge in [-0.2, -0.15) is 0 Å². The second kappa shape index (κ2) is 5.59. The molecule has 0 radical (unpaired) electrons. The molecule has 118 valence electrons. The van der Waals surface area contributed by atoms with E-state index in [-0.39, 0.29) is 5.91 Å². The van der Waals surface area contributed by atoms with Gasteiger partial charge in [0.2, 0.25) is 5.91 Å². The molecule has 21 heavy (non-hydrogen) atoms. The fourth-order valence-electron chi connectivity index (χ4n) is 4.34. The van der Waals surface area contributed by atoms with Crippen LogP contribution in [0.2, 0.25) is 0 Å². The van der Waals surface area contributed by atoms with Crippen LogP contribution in [0.4, 0.5) is 0 Å². The number of nitrogens with one attached hydrogen (secondary N) is 1. The van der Waals surface area contributed by atoms with E-state index in [4.69, 9.17) is 0 Å². The Bertz CT molecular complexity index is 427. The third kappa shape index (κ3) is 3.07. The number of hydrogen-bond donors (Lipinski definition) is 2. The first kappa shape index (κ1) is 14.8. The Hall–Kier alpha value is -1.10. The summed E-state index contributed by atoms with van der Waals surface area (Å²) in [5.41, 5.74) is -0.763. The molecule has 3 unspecified atom stereocenters. The van der Waals surface area contributed by atoms with Crippen LogP contribution in [0.5, 0.6) is 0 Å². The highest BCUT2D eigenvalue weighted by molar-refractivity contribution is 5.79. The molecule has 0 spiro atoms. The Morgan fingerprint density at radius 3 is 2.57 bits per heavy atom. The van der Waals surface area contributed by atoms with Gasteiger partial charge in [0.15, 0.2) is 0 Å². The van der Waals surface area contributed by atoms with Gasteiger partial charge in [-0.1, -0.05) is 0 Å². The lowest BCUT2D eigenvalue weighted by Crippen LogP contribution is -2.49. The van der Waals surface area contributed by atoms with Crippen LogP contribution in [-0.2, 0) is 9.59 Å². The lowest BCUT2D eigenvalue weighted by molar-refractivity contribution is -0.153. The predicted octanol–water partition coefficient (Wildman–Crippen LogP) is 1.62. The van der Waals surface area contributed by atoms with Gasteiger partial charge in [-0.15, -0.1) is 0 Å². The largest absolute Gasteiger partial charge is 0.481 e. The van der Waals surface area contributed by atoms with Gasteiger partial charge in [-0.25, -0.2) is 0 Å². The zero-order chi connectivity index (χ0) is 15.0. The lowest BCUT2D eigenvalue weighted by atomic mass is 9.81. The third-order valence-corrected chi connectivity index (χ3v) is 5.60. The summed E-state index contributed by atoms with van der Waals surface area (Å²) >= 11 is 0. The van der Waals surface area contributed by atoms with Crippen molar-refractivity contribution in [2.24, 2.45) is 11.3 Å². The number of carbonyl (C=O) groups excluding carboxylic acids is 1. The Kier molecular flexibility index (Phi) is 3.95. The fraction of sp³-hybridized carbons (Fsp3) is 0.875. The van der Waals surface area contributed by atoms with E-state index >= 15 is 0 Å². The molecular weight excluding hydrogens is 268 g/mol. The molecule has 3 aliphatic heterocycles. The molecule has 3 fully saturated rings. The third-order valence-electron chi connectivity index (χ3n) is 5.60. The van der Waals surface area contributed by atoms with E-state index in [9.17, 15) is 14.7 Å². The van der Waals surface area contributed by atoms with Crippen LogP contribution in [0, 0.1) is 11.3 Å². The van der Waals surface area contributed by atoms with Crippen molar-refractivity contribution in [3.05, 3.63) is 0 Å². The monoisotopic (exact) mass is 294 g/mol. The Balaban J connectivity index is 1.56. The highest BCUT2D eigenvalue weighted by Gasteiger charge is 2.40. The molecule has 2 N–H and O–H groups in total. The maximum atomic E-state index is 12.5. The van der Waals surface area contributed by atoms with Crippen LogP contribution >= 0.6 is 0 Å². The van der Waals surface area contributed by atoms with Crippen molar-refractivity contribution in [2.75, 3.05) is 13.1 Å². The standard InChI is InChI=1S/C16H26N2O3/c1-16(15(20)21)5-2-6-18(10-16)14(19)9-11-7-12-3-4-13(8-11)17-12/h11-13,17H,2-10H2,1H3,(H,20,21). The summed E-state index contributed by atoms with van der Waals surface area (Å²) in [6.45, 7) is 2.86. The minimum Gasteiger partial charge on any atom is -0.481 e. The summed E-state index contributed by atoms with van der Waals surface area (Å²) in [6.07, 6.45) is 6.77. The summed E-state index contributed by atoms with van der Waals surface area (Å²) in [5.74, 6) is -0.136. The summed E-state index contributed by atoms with van der Waals surface area (Å²) in [4.78, 5) is 25.7. The second-order valence-electron chi connectivity index (χ2n) is 7.46.